The van der Waals surface area contributed by atoms with Crippen LogP contribution in [0.15, 0.2) is 47.8 Å². The number of rotatable bonds is 5. The summed E-state index contributed by atoms with van der Waals surface area (Å²) in [5.41, 5.74) is 2.08. The minimum absolute atomic E-state index is 0.0388. The molecule has 33 heavy (non-hydrogen) atoms. The number of carbonyl (C=O) groups is 1. The third-order valence-electron chi connectivity index (χ3n) is 4.88. The number of benzene rings is 2. The number of nitro benzene ring substituents is 1. The zero-order valence-corrected chi connectivity index (χ0v) is 19.5. The Balaban J connectivity index is 1.42. The van der Waals surface area contributed by atoms with E-state index in [-0.39, 0.29) is 16.4 Å². The number of ether oxygens (including phenoxy) is 1. The quantitative estimate of drug-likeness (QED) is 0.301. The number of nitrogens with one attached hydrogen (secondary N) is 2. The summed E-state index contributed by atoms with van der Waals surface area (Å²) in [6, 6.07) is 11.6. The van der Waals surface area contributed by atoms with Gasteiger partial charge in [-0.05, 0) is 36.5 Å². The molecular formula is C21H18ClN5O4S2. The third kappa shape index (κ3) is 5.63. The summed E-state index contributed by atoms with van der Waals surface area (Å²) in [7, 11) is 0. The molecule has 3 aromatic rings. The lowest BCUT2D eigenvalue weighted by Crippen LogP contribution is -2.37. The Bertz CT molecular complexity index is 1200. The van der Waals surface area contributed by atoms with Gasteiger partial charge >= 0.3 is 0 Å². The lowest BCUT2D eigenvalue weighted by molar-refractivity contribution is -0.384. The predicted molar refractivity (Wildman–Crippen MR) is 132 cm³/mol. The second kappa shape index (κ2) is 10.2. The lowest BCUT2D eigenvalue weighted by Gasteiger charge is -2.28. The van der Waals surface area contributed by atoms with Crippen molar-refractivity contribution in [2.75, 3.05) is 36.5 Å². The van der Waals surface area contributed by atoms with E-state index < -0.39 is 10.8 Å². The SMILES string of the molecule is O=C(NC(=S)Nc1nc(-c2ccc(Cl)cc2)cs1)c1ccc(N2CCOCC2)c([N+](=O)[O-])c1. The van der Waals surface area contributed by atoms with Crippen molar-refractivity contribution in [2.45, 2.75) is 0 Å². The maximum Gasteiger partial charge on any atom is 0.293 e. The number of morpholine rings is 1. The van der Waals surface area contributed by atoms with Crippen molar-refractivity contribution in [1.82, 2.24) is 10.3 Å². The van der Waals surface area contributed by atoms with Crippen LogP contribution in [0.2, 0.25) is 5.02 Å². The average Bonchev–Trinajstić information content (AvgIpc) is 3.27. The first-order chi connectivity index (χ1) is 15.9. The fourth-order valence-corrected chi connectivity index (χ4v) is 4.37. The molecule has 0 radical (unpaired) electrons. The van der Waals surface area contributed by atoms with E-state index in [9.17, 15) is 14.9 Å². The molecule has 2 N–H and O–H groups in total. The van der Waals surface area contributed by atoms with Gasteiger partial charge in [0, 0.05) is 40.7 Å². The Labute approximate surface area is 203 Å². The molecule has 9 nitrogen and oxygen atoms in total. The number of hydrogen-bond donors (Lipinski definition) is 2. The first-order valence-electron chi connectivity index (χ1n) is 9.85. The Morgan fingerprint density at radius 1 is 1.21 bits per heavy atom. The molecule has 12 heteroatoms. The molecule has 4 rings (SSSR count). The summed E-state index contributed by atoms with van der Waals surface area (Å²) < 4.78 is 5.30. The second-order valence-corrected chi connectivity index (χ2v) is 8.72. The van der Waals surface area contributed by atoms with Crippen molar-refractivity contribution < 1.29 is 14.5 Å². The minimum Gasteiger partial charge on any atom is -0.378 e. The first kappa shape index (κ1) is 23.1. The first-order valence-corrected chi connectivity index (χ1v) is 11.5. The van der Waals surface area contributed by atoms with Crippen molar-refractivity contribution in [2.24, 2.45) is 0 Å². The minimum atomic E-state index is -0.557. The van der Waals surface area contributed by atoms with Crippen molar-refractivity contribution in [3.05, 3.63) is 68.5 Å². The summed E-state index contributed by atoms with van der Waals surface area (Å²) in [4.78, 5) is 30.1. The number of hydrogen-bond acceptors (Lipinski definition) is 8. The van der Waals surface area contributed by atoms with Crippen LogP contribution in [0.1, 0.15) is 10.4 Å². The molecule has 0 atom stereocenters. The molecule has 2 aromatic carbocycles. The van der Waals surface area contributed by atoms with Crippen molar-refractivity contribution >= 4 is 62.7 Å². The Kier molecular flexibility index (Phi) is 7.14. The highest BCUT2D eigenvalue weighted by atomic mass is 35.5. The number of anilines is 2. The third-order valence-corrected chi connectivity index (χ3v) is 6.09. The van der Waals surface area contributed by atoms with E-state index >= 15 is 0 Å². The zero-order valence-electron chi connectivity index (χ0n) is 17.1. The van der Waals surface area contributed by atoms with Crippen LogP contribution in [-0.2, 0) is 4.74 Å². The van der Waals surface area contributed by atoms with Gasteiger partial charge in [-0.3, -0.25) is 20.2 Å². The number of nitrogens with zero attached hydrogens (tertiary/aromatic N) is 3. The standard InChI is InChI=1S/C21H18ClN5O4S2/c22-15-4-1-13(2-5-15)16-12-33-21(23-16)25-20(32)24-19(28)14-3-6-17(18(11-14)27(29)30)26-7-9-31-10-8-26/h1-6,11-12H,7-10H2,(H2,23,24,25,28,32). The highest BCUT2D eigenvalue weighted by Crippen LogP contribution is 2.30. The summed E-state index contributed by atoms with van der Waals surface area (Å²) in [5, 5.41) is 20.0. The summed E-state index contributed by atoms with van der Waals surface area (Å²) in [5.74, 6) is -0.557. The normalized spacial score (nSPS) is 13.4. The second-order valence-electron chi connectivity index (χ2n) is 7.01. The van der Waals surface area contributed by atoms with E-state index in [0.29, 0.717) is 42.1 Å². The van der Waals surface area contributed by atoms with Gasteiger partial charge in [0.2, 0.25) is 0 Å². The van der Waals surface area contributed by atoms with Crippen LogP contribution >= 0.6 is 35.2 Å². The molecule has 1 aromatic heterocycles. The van der Waals surface area contributed by atoms with Crippen LogP contribution in [0.5, 0.6) is 0 Å². The van der Waals surface area contributed by atoms with Gasteiger partial charge in [0.05, 0.1) is 23.8 Å². The van der Waals surface area contributed by atoms with E-state index in [4.69, 9.17) is 28.6 Å². The van der Waals surface area contributed by atoms with Gasteiger partial charge in [0.15, 0.2) is 10.2 Å². The van der Waals surface area contributed by atoms with Gasteiger partial charge in [-0.2, -0.15) is 0 Å². The molecule has 0 aliphatic carbocycles. The molecule has 1 fully saturated rings. The summed E-state index contributed by atoms with van der Waals surface area (Å²) in [6.07, 6.45) is 0. The number of amides is 1. The number of halogens is 1. The fourth-order valence-electron chi connectivity index (χ4n) is 3.27. The monoisotopic (exact) mass is 503 g/mol. The zero-order chi connectivity index (χ0) is 23.4. The maximum absolute atomic E-state index is 12.6. The molecule has 1 aliphatic rings. The highest BCUT2D eigenvalue weighted by molar-refractivity contribution is 7.80. The average molecular weight is 504 g/mol. The molecule has 0 saturated carbocycles. The molecule has 1 aliphatic heterocycles. The number of carbonyl (C=O) groups excluding carboxylic acids is 1. The van der Waals surface area contributed by atoms with Gasteiger partial charge < -0.3 is 15.0 Å². The lowest BCUT2D eigenvalue weighted by atomic mass is 10.1. The van der Waals surface area contributed by atoms with Gasteiger partial charge in [0.25, 0.3) is 11.6 Å². The van der Waals surface area contributed by atoms with E-state index in [1.807, 2.05) is 22.4 Å². The largest absolute Gasteiger partial charge is 0.378 e. The van der Waals surface area contributed by atoms with Crippen molar-refractivity contribution in [3.8, 4) is 11.3 Å². The van der Waals surface area contributed by atoms with Gasteiger partial charge in [0.1, 0.15) is 5.69 Å². The Morgan fingerprint density at radius 2 is 1.94 bits per heavy atom. The van der Waals surface area contributed by atoms with Crippen LogP contribution in [0.3, 0.4) is 0 Å². The molecule has 1 saturated heterocycles. The van der Waals surface area contributed by atoms with Gasteiger partial charge in [-0.15, -0.1) is 11.3 Å². The van der Waals surface area contributed by atoms with Crippen molar-refractivity contribution in [3.63, 3.8) is 0 Å². The molecule has 0 unspecified atom stereocenters. The summed E-state index contributed by atoms with van der Waals surface area (Å²) >= 11 is 12.5. The van der Waals surface area contributed by atoms with Gasteiger partial charge in [-0.1, -0.05) is 23.7 Å². The molecule has 2 heterocycles. The number of thiazole rings is 1. The summed E-state index contributed by atoms with van der Waals surface area (Å²) in [6.45, 7) is 2.09. The van der Waals surface area contributed by atoms with Crippen LogP contribution < -0.4 is 15.5 Å². The Hall–Kier alpha value is -3.12. The van der Waals surface area contributed by atoms with E-state index in [1.165, 1.54) is 23.5 Å². The number of thiocarbonyl (C=S) groups is 1. The number of aromatic nitrogens is 1. The van der Waals surface area contributed by atoms with E-state index in [2.05, 4.69) is 15.6 Å². The fraction of sp³-hybridized carbons (Fsp3) is 0.190. The smallest absolute Gasteiger partial charge is 0.293 e. The maximum atomic E-state index is 12.6. The van der Waals surface area contributed by atoms with E-state index in [0.717, 1.165) is 11.3 Å². The molecule has 0 bridgehead atoms. The van der Waals surface area contributed by atoms with Crippen LogP contribution in [-0.4, -0.2) is 47.2 Å². The van der Waals surface area contributed by atoms with Crippen LogP contribution in [0.4, 0.5) is 16.5 Å². The van der Waals surface area contributed by atoms with Crippen LogP contribution in [0.25, 0.3) is 11.3 Å². The predicted octanol–water partition coefficient (Wildman–Crippen LogP) is 4.34. The highest BCUT2D eigenvalue weighted by Gasteiger charge is 2.23. The Morgan fingerprint density at radius 3 is 2.64 bits per heavy atom. The van der Waals surface area contributed by atoms with Gasteiger partial charge in [-0.25, -0.2) is 4.98 Å². The topological polar surface area (TPSA) is 110 Å². The van der Waals surface area contributed by atoms with Crippen molar-refractivity contribution in [1.29, 1.82) is 0 Å². The molecule has 1 amide bonds. The van der Waals surface area contributed by atoms with E-state index in [1.54, 1.807) is 18.2 Å². The van der Waals surface area contributed by atoms with Crippen LogP contribution in [0, 0.1) is 10.1 Å². The molecule has 170 valence electrons. The molecule has 0 spiro atoms. The molecular weight excluding hydrogens is 486 g/mol. The number of nitro groups is 1.